The van der Waals surface area contributed by atoms with Gasteiger partial charge >= 0.3 is 5.97 Å². The predicted molar refractivity (Wildman–Crippen MR) is 100 cm³/mol. The van der Waals surface area contributed by atoms with Crippen molar-refractivity contribution in [1.29, 1.82) is 0 Å². The molecule has 7 heteroatoms. The van der Waals surface area contributed by atoms with E-state index in [9.17, 15) is 19.2 Å². The highest BCUT2D eigenvalue weighted by molar-refractivity contribution is 6.07. The number of allylic oxidation sites excluding steroid dienone is 2. The van der Waals surface area contributed by atoms with Crippen LogP contribution in [0.5, 0.6) is 0 Å². The number of aryl methyl sites for hydroxylation is 2. The molecule has 0 aromatic heterocycles. The van der Waals surface area contributed by atoms with Gasteiger partial charge in [0, 0.05) is 5.69 Å². The van der Waals surface area contributed by atoms with E-state index in [1.165, 1.54) is 11.1 Å². The van der Waals surface area contributed by atoms with Crippen molar-refractivity contribution >= 4 is 29.4 Å². The van der Waals surface area contributed by atoms with Crippen LogP contribution in [0.25, 0.3) is 0 Å². The van der Waals surface area contributed by atoms with Gasteiger partial charge in [-0.15, -0.1) is 0 Å². The summed E-state index contributed by atoms with van der Waals surface area (Å²) in [4.78, 5) is 49.7. The molecule has 2 atom stereocenters. The van der Waals surface area contributed by atoms with Crippen LogP contribution in [0, 0.1) is 11.8 Å². The minimum atomic E-state index is -0.766. The molecular formula is C21H22N2O5. The van der Waals surface area contributed by atoms with E-state index in [4.69, 9.17) is 4.74 Å². The Balaban J connectivity index is 1.27. The maximum absolute atomic E-state index is 12.3. The van der Waals surface area contributed by atoms with E-state index in [0.29, 0.717) is 18.5 Å². The first-order valence-electron chi connectivity index (χ1n) is 9.60. The molecule has 2 aliphatic carbocycles. The Labute approximate surface area is 162 Å². The molecule has 0 bridgehead atoms. The van der Waals surface area contributed by atoms with Gasteiger partial charge in [-0.05, 0) is 55.4 Å². The number of carbonyl (C=O) groups is 4. The smallest absolute Gasteiger partial charge is 0.326 e. The number of likely N-dealkylation sites (tertiary alicyclic amines) is 1. The fourth-order valence-corrected chi connectivity index (χ4v) is 4.19. The van der Waals surface area contributed by atoms with Crippen LogP contribution in [-0.2, 0) is 36.8 Å². The summed E-state index contributed by atoms with van der Waals surface area (Å²) in [7, 11) is 0. The van der Waals surface area contributed by atoms with E-state index >= 15 is 0 Å². The number of rotatable bonds is 5. The lowest BCUT2D eigenvalue weighted by atomic mass is 9.85. The topological polar surface area (TPSA) is 92.8 Å². The summed E-state index contributed by atoms with van der Waals surface area (Å²) in [5, 5.41) is 2.71. The summed E-state index contributed by atoms with van der Waals surface area (Å²) >= 11 is 0. The Hall–Kier alpha value is -2.96. The van der Waals surface area contributed by atoms with Crippen molar-refractivity contribution in [3.05, 3.63) is 41.5 Å². The Morgan fingerprint density at radius 1 is 1.04 bits per heavy atom. The monoisotopic (exact) mass is 382 g/mol. The number of benzene rings is 1. The second-order valence-electron chi connectivity index (χ2n) is 7.46. The lowest BCUT2D eigenvalue weighted by Gasteiger charge is -2.14. The molecule has 1 aliphatic heterocycles. The van der Waals surface area contributed by atoms with Gasteiger partial charge in [-0.25, -0.2) is 0 Å². The maximum atomic E-state index is 12.3. The van der Waals surface area contributed by atoms with Crippen LogP contribution < -0.4 is 5.32 Å². The zero-order valence-electron chi connectivity index (χ0n) is 15.5. The lowest BCUT2D eigenvalue weighted by Crippen LogP contribution is -2.37. The van der Waals surface area contributed by atoms with Gasteiger partial charge in [0.15, 0.2) is 6.61 Å². The number of imide groups is 1. The summed E-state index contributed by atoms with van der Waals surface area (Å²) in [6.45, 7) is -0.905. The number of anilines is 1. The fraction of sp³-hybridized carbons (Fsp3) is 0.429. The van der Waals surface area contributed by atoms with Crippen molar-refractivity contribution in [2.75, 3.05) is 18.5 Å². The van der Waals surface area contributed by atoms with Crippen molar-refractivity contribution in [2.45, 2.75) is 32.1 Å². The van der Waals surface area contributed by atoms with E-state index in [-0.39, 0.29) is 23.7 Å². The molecule has 1 fully saturated rings. The van der Waals surface area contributed by atoms with Crippen LogP contribution in [0.4, 0.5) is 5.69 Å². The van der Waals surface area contributed by atoms with Crippen molar-refractivity contribution in [1.82, 2.24) is 4.90 Å². The third-order valence-corrected chi connectivity index (χ3v) is 5.63. The molecule has 0 radical (unpaired) electrons. The zero-order valence-corrected chi connectivity index (χ0v) is 15.5. The molecule has 1 aromatic carbocycles. The normalized spacial score (nSPS) is 22.8. The quantitative estimate of drug-likeness (QED) is 0.474. The molecule has 0 unspecified atom stereocenters. The minimum absolute atomic E-state index is 0.334. The maximum Gasteiger partial charge on any atom is 0.326 e. The second-order valence-corrected chi connectivity index (χ2v) is 7.46. The molecule has 1 N–H and O–H groups in total. The van der Waals surface area contributed by atoms with E-state index < -0.39 is 25.0 Å². The standard InChI is InChI=1S/C21H22N2O5/c24-18(22-15-9-8-13-4-3-5-14(13)10-15)12-28-19(25)11-23-20(26)16-6-1-2-7-17(16)21(23)27/h1-2,8-10,16-17H,3-7,11-12H2,(H,22,24)/t16-,17+. The van der Waals surface area contributed by atoms with Gasteiger partial charge in [0.1, 0.15) is 6.54 Å². The molecular weight excluding hydrogens is 360 g/mol. The van der Waals surface area contributed by atoms with Crippen LogP contribution in [0.3, 0.4) is 0 Å². The number of hydrogen-bond acceptors (Lipinski definition) is 5. The average molecular weight is 382 g/mol. The Bertz CT molecular complexity index is 850. The van der Waals surface area contributed by atoms with Gasteiger partial charge in [-0.2, -0.15) is 0 Å². The number of amides is 3. The fourth-order valence-electron chi connectivity index (χ4n) is 4.19. The summed E-state index contributed by atoms with van der Waals surface area (Å²) in [6, 6.07) is 5.78. The Kier molecular flexibility index (Phi) is 4.98. The molecule has 4 rings (SSSR count). The summed E-state index contributed by atoms with van der Waals surface area (Å²) in [5.41, 5.74) is 3.21. The summed E-state index contributed by atoms with van der Waals surface area (Å²) < 4.78 is 4.97. The molecule has 28 heavy (non-hydrogen) atoms. The predicted octanol–water partition coefficient (Wildman–Crippen LogP) is 1.61. The summed E-state index contributed by atoms with van der Waals surface area (Å²) in [5.74, 6) is -2.65. The van der Waals surface area contributed by atoms with Gasteiger partial charge in [-0.1, -0.05) is 18.2 Å². The minimum Gasteiger partial charge on any atom is -0.454 e. The number of nitrogens with one attached hydrogen (secondary N) is 1. The van der Waals surface area contributed by atoms with Crippen LogP contribution in [0.2, 0.25) is 0 Å². The lowest BCUT2D eigenvalue weighted by molar-refractivity contribution is -0.154. The number of hydrogen-bond donors (Lipinski definition) is 1. The van der Waals surface area contributed by atoms with Gasteiger partial charge in [0.2, 0.25) is 11.8 Å². The van der Waals surface area contributed by atoms with Crippen LogP contribution in [0.1, 0.15) is 30.4 Å². The zero-order chi connectivity index (χ0) is 19.7. The molecule has 0 saturated carbocycles. The molecule has 7 nitrogen and oxygen atoms in total. The number of fused-ring (bicyclic) bond motifs is 2. The number of carbonyl (C=O) groups excluding carboxylic acids is 4. The third kappa shape index (κ3) is 3.56. The van der Waals surface area contributed by atoms with Crippen molar-refractivity contribution in [3.63, 3.8) is 0 Å². The first-order valence-corrected chi connectivity index (χ1v) is 9.60. The number of esters is 1. The Morgan fingerprint density at radius 2 is 1.71 bits per heavy atom. The number of ether oxygens (including phenoxy) is 1. The molecule has 146 valence electrons. The molecule has 1 aromatic rings. The van der Waals surface area contributed by atoms with Crippen molar-refractivity contribution in [2.24, 2.45) is 11.8 Å². The van der Waals surface area contributed by atoms with E-state index in [0.717, 1.165) is 24.2 Å². The Morgan fingerprint density at radius 3 is 2.43 bits per heavy atom. The number of nitrogens with zero attached hydrogens (tertiary/aromatic N) is 1. The average Bonchev–Trinajstić information content (AvgIpc) is 3.25. The van der Waals surface area contributed by atoms with Crippen LogP contribution in [-0.4, -0.2) is 41.7 Å². The molecule has 1 saturated heterocycles. The highest BCUT2D eigenvalue weighted by Gasteiger charge is 2.47. The summed E-state index contributed by atoms with van der Waals surface area (Å²) in [6.07, 6.45) is 8.00. The second kappa shape index (κ2) is 7.58. The van der Waals surface area contributed by atoms with E-state index in [1.807, 2.05) is 30.4 Å². The SMILES string of the molecule is O=C(COC(=O)CN1C(=O)[C@H]2CC=CC[C@H]2C1=O)Nc1ccc2c(c1)CCC2. The van der Waals surface area contributed by atoms with Crippen LogP contribution >= 0.6 is 0 Å². The van der Waals surface area contributed by atoms with Crippen molar-refractivity contribution < 1.29 is 23.9 Å². The molecule has 0 spiro atoms. The first-order chi connectivity index (χ1) is 13.5. The van der Waals surface area contributed by atoms with Crippen molar-refractivity contribution in [3.8, 4) is 0 Å². The molecule has 1 heterocycles. The van der Waals surface area contributed by atoms with Gasteiger partial charge in [0.25, 0.3) is 5.91 Å². The van der Waals surface area contributed by atoms with E-state index in [2.05, 4.69) is 5.32 Å². The van der Waals surface area contributed by atoms with Gasteiger partial charge < -0.3 is 10.1 Å². The molecule has 3 amide bonds. The van der Waals surface area contributed by atoms with Gasteiger partial charge in [0.05, 0.1) is 11.8 Å². The third-order valence-electron chi connectivity index (χ3n) is 5.63. The van der Waals surface area contributed by atoms with E-state index in [1.54, 1.807) is 0 Å². The van der Waals surface area contributed by atoms with Gasteiger partial charge in [-0.3, -0.25) is 24.1 Å². The highest BCUT2D eigenvalue weighted by atomic mass is 16.5. The molecule has 3 aliphatic rings. The first kappa shape index (κ1) is 18.4. The largest absolute Gasteiger partial charge is 0.454 e. The van der Waals surface area contributed by atoms with Crippen LogP contribution in [0.15, 0.2) is 30.4 Å². The highest BCUT2D eigenvalue weighted by Crippen LogP contribution is 2.34.